The van der Waals surface area contributed by atoms with E-state index in [1.807, 2.05) is 20.8 Å². The molecule has 0 aliphatic heterocycles. The van der Waals surface area contributed by atoms with E-state index in [0.29, 0.717) is 12.6 Å². The molecule has 2 atom stereocenters. The number of rotatable bonds is 4. The van der Waals surface area contributed by atoms with Crippen molar-refractivity contribution in [3.63, 3.8) is 0 Å². The molecule has 1 aliphatic rings. The van der Waals surface area contributed by atoms with Crippen LogP contribution in [0.5, 0.6) is 0 Å². The second-order valence-electron chi connectivity index (χ2n) is 6.32. The number of carbonyl (C=O) groups excluding carboxylic acids is 1. The summed E-state index contributed by atoms with van der Waals surface area (Å²) in [6, 6.07) is 0.541. The van der Waals surface area contributed by atoms with Crippen molar-refractivity contribution in [1.29, 1.82) is 0 Å². The molecule has 0 spiro atoms. The van der Waals surface area contributed by atoms with Crippen LogP contribution in [-0.2, 0) is 4.79 Å². The van der Waals surface area contributed by atoms with Crippen LogP contribution in [0.25, 0.3) is 0 Å². The minimum atomic E-state index is -0.128. The topological polar surface area (TPSA) is 41.1 Å². The molecule has 3 nitrogen and oxygen atoms in total. The van der Waals surface area contributed by atoms with E-state index in [1.165, 1.54) is 32.1 Å². The van der Waals surface area contributed by atoms with Crippen molar-refractivity contribution in [2.24, 2.45) is 5.92 Å². The third-order valence-electron chi connectivity index (χ3n) is 3.43. The van der Waals surface area contributed by atoms with Gasteiger partial charge in [0.25, 0.3) is 0 Å². The first kappa shape index (κ1) is 14.5. The summed E-state index contributed by atoms with van der Waals surface area (Å²) in [5.74, 6) is 0.961. The Morgan fingerprint density at radius 2 is 2.00 bits per heavy atom. The van der Waals surface area contributed by atoms with Gasteiger partial charge in [0.2, 0.25) is 5.91 Å². The van der Waals surface area contributed by atoms with Crippen LogP contribution in [0.1, 0.15) is 59.8 Å². The van der Waals surface area contributed by atoms with Gasteiger partial charge in [0.15, 0.2) is 0 Å². The molecule has 17 heavy (non-hydrogen) atoms. The van der Waals surface area contributed by atoms with E-state index in [-0.39, 0.29) is 11.4 Å². The van der Waals surface area contributed by atoms with E-state index in [9.17, 15) is 4.79 Å². The quantitative estimate of drug-likeness (QED) is 0.792. The van der Waals surface area contributed by atoms with Gasteiger partial charge < -0.3 is 10.6 Å². The molecular weight excluding hydrogens is 212 g/mol. The highest BCUT2D eigenvalue weighted by atomic mass is 16.2. The van der Waals surface area contributed by atoms with Gasteiger partial charge in [-0.15, -0.1) is 0 Å². The molecule has 0 aromatic heterocycles. The van der Waals surface area contributed by atoms with E-state index in [1.54, 1.807) is 0 Å². The Labute approximate surface area is 106 Å². The maximum atomic E-state index is 11.7. The Kier molecular flexibility index (Phi) is 5.44. The zero-order valence-corrected chi connectivity index (χ0v) is 11.8. The lowest BCUT2D eigenvalue weighted by Crippen LogP contribution is -2.47. The van der Waals surface area contributed by atoms with Gasteiger partial charge >= 0.3 is 0 Å². The highest BCUT2D eigenvalue weighted by Crippen LogP contribution is 2.26. The Morgan fingerprint density at radius 3 is 2.59 bits per heavy atom. The molecule has 0 aromatic rings. The average Bonchev–Trinajstić information content (AvgIpc) is 2.24. The van der Waals surface area contributed by atoms with Crippen LogP contribution < -0.4 is 10.6 Å². The Morgan fingerprint density at radius 1 is 1.29 bits per heavy atom. The minimum absolute atomic E-state index is 0.108. The van der Waals surface area contributed by atoms with Crippen molar-refractivity contribution in [1.82, 2.24) is 10.6 Å². The molecule has 3 heteroatoms. The molecule has 0 saturated heterocycles. The molecule has 1 aliphatic carbocycles. The zero-order chi connectivity index (χ0) is 12.9. The molecule has 1 saturated carbocycles. The monoisotopic (exact) mass is 240 g/mol. The first-order valence-corrected chi connectivity index (χ1v) is 6.95. The number of amides is 1. The summed E-state index contributed by atoms with van der Waals surface area (Å²) in [5, 5.41) is 6.38. The van der Waals surface area contributed by atoms with Crippen LogP contribution in [0.2, 0.25) is 0 Å². The normalized spacial score (nSPS) is 25.6. The number of hydrogen-bond donors (Lipinski definition) is 2. The Balaban J connectivity index is 2.23. The van der Waals surface area contributed by atoms with Crippen LogP contribution >= 0.6 is 0 Å². The fourth-order valence-corrected chi connectivity index (χ4v) is 2.55. The molecule has 0 bridgehead atoms. The van der Waals surface area contributed by atoms with Gasteiger partial charge in [0.05, 0.1) is 6.54 Å². The van der Waals surface area contributed by atoms with Crippen LogP contribution in [0.3, 0.4) is 0 Å². The second kappa shape index (κ2) is 6.39. The van der Waals surface area contributed by atoms with Gasteiger partial charge in [-0.2, -0.15) is 0 Å². The van der Waals surface area contributed by atoms with Crippen molar-refractivity contribution in [2.45, 2.75) is 71.4 Å². The summed E-state index contributed by atoms with van der Waals surface area (Å²) in [5.41, 5.74) is -0.128. The largest absolute Gasteiger partial charge is 0.350 e. The fourth-order valence-electron chi connectivity index (χ4n) is 2.55. The molecule has 0 aromatic carbocycles. The lowest BCUT2D eigenvalue weighted by Gasteiger charge is -2.29. The standard InChI is InChI=1S/C14H28N2O/c1-5-11-7-6-8-12(9-11)15-10-13(17)16-14(2,3)4/h11-12,15H,5-10H2,1-4H3,(H,16,17). The highest BCUT2D eigenvalue weighted by molar-refractivity contribution is 5.78. The average molecular weight is 240 g/mol. The molecule has 100 valence electrons. The lowest BCUT2D eigenvalue weighted by molar-refractivity contribution is -0.121. The van der Waals surface area contributed by atoms with Gasteiger partial charge in [0, 0.05) is 11.6 Å². The summed E-state index contributed by atoms with van der Waals surface area (Å²) in [4.78, 5) is 11.7. The van der Waals surface area contributed by atoms with Crippen LogP contribution in [0.15, 0.2) is 0 Å². The first-order valence-electron chi connectivity index (χ1n) is 6.95. The molecule has 2 N–H and O–H groups in total. The minimum Gasteiger partial charge on any atom is -0.350 e. The third-order valence-corrected chi connectivity index (χ3v) is 3.43. The van der Waals surface area contributed by atoms with Crippen molar-refractivity contribution in [3.8, 4) is 0 Å². The van der Waals surface area contributed by atoms with E-state index < -0.39 is 0 Å². The van der Waals surface area contributed by atoms with E-state index in [4.69, 9.17) is 0 Å². The first-order chi connectivity index (χ1) is 7.90. The molecule has 1 amide bonds. The lowest BCUT2D eigenvalue weighted by atomic mass is 9.84. The van der Waals surface area contributed by atoms with E-state index >= 15 is 0 Å². The van der Waals surface area contributed by atoms with Crippen LogP contribution in [0, 0.1) is 5.92 Å². The number of carbonyl (C=O) groups is 1. The Bertz CT molecular complexity index is 245. The maximum absolute atomic E-state index is 11.7. The summed E-state index contributed by atoms with van der Waals surface area (Å²) >= 11 is 0. The smallest absolute Gasteiger partial charge is 0.234 e. The summed E-state index contributed by atoms with van der Waals surface area (Å²) < 4.78 is 0. The highest BCUT2D eigenvalue weighted by Gasteiger charge is 2.21. The fraction of sp³-hybridized carbons (Fsp3) is 0.929. The summed E-state index contributed by atoms with van der Waals surface area (Å²) in [7, 11) is 0. The van der Waals surface area contributed by atoms with Gasteiger partial charge in [-0.3, -0.25) is 4.79 Å². The van der Waals surface area contributed by atoms with E-state index in [0.717, 1.165) is 5.92 Å². The predicted octanol–water partition coefficient (Wildman–Crippen LogP) is 2.46. The maximum Gasteiger partial charge on any atom is 0.234 e. The van der Waals surface area contributed by atoms with Crippen molar-refractivity contribution < 1.29 is 4.79 Å². The second-order valence-corrected chi connectivity index (χ2v) is 6.32. The molecule has 0 radical (unpaired) electrons. The molecule has 2 unspecified atom stereocenters. The van der Waals surface area contributed by atoms with Gasteiger partial charge in [-0.25, -0.2) is 0 Å². The SMILES string of the molecule is CCC1CCCC(NCC(=O)NC(C)(C)C)C1. The molecule has 1 fully saturated rings. The van der Waals surface area contributed by atoms with Crippen molar-refractivity contribution in [3.05, 3.63) is 0 Å². The summed E-state index contributed by atoms with van der Waals surface area (Å²) in [6.45, 7) is 8.76. The molecule has 1 rings (SSSR count). The van der Waals surface area contributed by atoms with Gasteiger partial charge in [0.1, 0.15) is 0 Å². The third kappa shape index (κ3) is 6.06. The summed E-state index contributed by atoms with van der Waals surface area (Å²) in [6.07, 6.45) is 6.39. The zero-order valence-electron chi connectivity index (χ0n) is 11.8. The van der Waals surface area contributed by atoms with Crippen molar-refractivity contribution in [2.75, 3.05) is 6.54 Å². The Hall–Kier alpha value is -0.570. The molecular formula is C14H28N2O. The number of nitrogens with one attached hydrogen (secondary N) is 2. The van der Waals surface area contributed by atoms with Crippen LogP contribution in [0.4, 0.5) is 0 Å². The van der Waals surface area contributed by atoms with Gasteiger partial charge in [-0.05, 0) is 39.5 Å². The molecule has 0 heterocycles. The predicted molar refractivity (Wildman–Crippen MR) is 71.9 cm³/mol. The van der Waals surface area contributed by atoms with Gasteiger partial charge in [-0.1, -0.05) is 26.2 Å². The number of hydrogen-bond acceptors (Lipinski definition) is 2. The van der Waals surface area contributed by atoms with Crippen molar-refractivity contribution >= 4 is 5.91 Å². The van der Waals surface area contributed by atoms with E-state index in [2.05, 4.69) is 17.6 Å². The van der Waals surface area contributed by atoms with Crippen LogP contribution in [-0.4, -0.2) is 24.0 Å².